The summed E-state index contributed by atoms with van der Waals surface area (Å²) in [6.07, 6.45) is -6.34. The first kappa shape index (κ1) is 56.0. The van der Waals surface area contributed by atoms with Gasteiger partial charge in [0.2, 0.25) is 24.0 Å². The van der Waals surface area contributed by atoms with Crippen molar-refractivity contribution in [3.05, 3.63) is 77.8 Å². The van der Waals surface area contributed by atoms with E-state index in [1.54, 1.807) is 20.8 Å². The van der Waals surface area contributed by atoms with Crippen LogP contribution >= 0.6 is 0 Å². The molecule has 0 spiro atoms. The first-order valence-corrected chi connectivity index (χ1v) is 22.8. The largest absolute Gasteiger partial charge is 0.479 e. The molecule has 25 heteroatoms. The number of imide groups is 1. The quantitative estimate of drug-likeness (QED) is 0.0458. The number of carboxylic acids is 1. The lowest BCUT2D eigenvalue weighted by Gasteiger charge is -2.39. The molecular weight excluding hydrogens is 960 g/mol. The van der Waals surface area contributed by atoms with E-state index in [-0.39, 0.29) is 78.9 Å². The summed E-state index contributed by atoms with van der Waals surface area (Å²) in [6, 6.07) is 4.54. The predicted octanol–water partition coefficient (Wildman–Crippen LogP) is 2.12. The minimum atomic E-state index is -2.03. The van der Waals surface area contributed by atoms with Crippen molar-refractivity contribution in [1.82, 2.24) is 30.4 Å². The van der Waals surface area contributed by atoms with Crippen LogP contribution < -0.4 is 20.7 Å². The number of carbonyl (C=O) groups excluding carboxylic acids is 6. The molecular formula is C47H58F3N7O15. The molecule has 2 aromatic carbocycles. The van der Waals surface area contributed by atoms with Crippen LogP contribution in [0.2, 0.25) is 0 Å². The van der Waals surface area contributed by atoms with Crippen molar-refractivity contribution in [3.63, 3.8) is 0 Å². The summed E-state index contributed by atoms with van der Waals surface area (Å²) >= 11 is 0. The Balaban J connectivity index is 1.21. The molecule has 392 valence electrons. The van der Waals surface area contributed by atoms with Gasteiger partial charge < -0.3 is 65.6 Å². The van der Waals surface area contributed by atoms with Gasteiger partial charge in [-0.05, 0) is 60.6 Å². The number of alkyl carbamates (subject to hydrolysis) is 1. The number of unbranched alkanes of at least 4 members (excludes halogenated alkanes) is 2. The summed E-state index contributed by atoms with van der Waals surface area (Å²) < 4.78 is 59.4. The lowest BCUT2D eigenvalue weighted by Crippen LogP contribution is -2.61. The van der Waals surface area contributed by atoms with Crippen molar-refractivity contribution in [2.45, 2.75) is 109 Å². The highest BCUT2D eigenvalue weighted by Gasteiger charge is 2.48. The summed E-state index contributed by atoms with van der Waals surface area (Å²) in [4.78, 5) is 96.6. The maximum atomic E-state index is 14.6. The highest BCUT2D eigenvalue weighted by atomic mass is 19.1. The normalized spacial score (nSPS) is 19.6. The average molecular weight is 1020 g/mol. The number of amides is 6. The zero-order valence-electron chi connectivity index (χ0n) is 39.5. The van der Waals surface area contributed by atoms with Crippen LogP contribution in [0.4, 0.5) is 23.7 Å². The fourth-order valence-electron chi connectivity index (χ4n) is 7.81. The molecule has 2 aliphatic heterocycles. The molecule has 72 heavy (non-hydrogen) atoms. The molecule has 1 saturated heterocycles. The smallest absolute Gasteiger partial charge is 0.407 e. The molecule has 5 rings (SSSR count). The van der Waals surface area contributed by atoms with Crippen LogP contribution in [0, 0.1) is 17.0 Å². The Morgan fingerprint density at radius 2 is 1.67 bits per heavy atom. The average Bonchev–Trinajstić information content (AvgIpc) is 3.94. The summed E-state index contributed by atoms with van der Waals surface area (Å²) in [7, 11) is 0. The Morgan fingerprint density at radius 3 is 2.33 bits per heavy atom. The molecule has 1 fully saturated rings. The summed E-state index contributed by atoms with van der Waals surface area (Å²) in [5.41, 5.74) is -0.764. The highest BCUT2D eigenvalue weighted by Crippen LogP contribution is 2.38. The number of imidazole rings is 1. The number of halogens is 3. The van der Waals surface area contributed by atoms with Gasteiger partial charge in [-0.15, -0.1) is 0 Å². The second kappa shape index (κ2) is 25.5. The fourth-order valence-corrected chi connectivity index (χ4v) is 7.81. The molecule has 22 nitrogen and oxygen atoms in total. The van der Waals surface area contributed by atoms with Crippen LogP contribution in [0.3, 0.4) is 0 Å². The number of rotatable bonds is 24. The summed E-state index contributed by atoms with van der Waals surface area (Å²) in [5.74, 6) is -5.84. The molecule has 7 unspecified atom stereocenters. The second-order valence-electron chi connectivity index (χ2n) is 18.0. The second-order valence-corrected chi connectivity index (χ2v) is 18.0. The number of anilines is 1. The number of aromatic amines is 1. The number of carbonyl (C=O) groups is 7. The van der Waals surface area contributed by atoms with Crippen LogP contribution in [-0.4, -0.2) is 157 Å². The Bertz CT molecular complexity index is 2450. The first-order valence-electron chi connectivity index (χ1n) is 22.8. The number of hydrogen-bond donors (Lipinski definition) is 9. The number of benzene rings is 2. The number of aromatic nitrogens is 2. The third-order valence-electron chi connectivity index (χ3n) is 11.5. The van der Waals surface area contributed by atoms with Crippen molar-refractivity contribution >= 4 is 47.3 Å². The van der Waals surface area contributed by atoms with E-state index in [4.69, 9.17) is 14.2 Å². The molecule has 9 N–H and O–H groups in total. The number of ether oxygens (including phenoxy) is 3. The van der Waals surface area contributed by atoms with E-state index in [9.17, 15) is 72.3 Å². The van der Waals surface area contributed by atoms with Crippen molar-refractivity contribution < 1.29 is 86.5 Å². The number of hydrogen-bond acceptors (Lipinski definition) is 15. The van der Waals surface area contributed by atoms with E-state index in [2.05, 4.69) is 25.9 Å². The summed E-state index contributed by atoms with van der Waals surface area (Å²) in [6.45, 7) is 2.55. The van der Waals surface area contributed by atoms with Gasteiger partial charge in [-0.25, -0.2) is 27.7 Å². The molecule has 0 bridgehead atoms. The van der Waals surface area contributed by atoms with Gasteiger partial charge in [-0.3, -0.25) is 28.9 Å². The van der Waals surface area contributed by atoms with Gasteiger partial charge in [0.15, 0.2) is 6.10 Å². The monoisotopic (exact) mass is 1020 g/mol. The van der Waals surface area contributed by atoms with E-state index in [0.717, 1.165) is 23.1 Å². The number of aliphatic hydroxyl groups excluding tert-OH is 4. The predicted molar refractivity (Wildman–Crippen MR) is 245 cm³/mol. The Hall–Kier alpha value is -6.93. The number of aliphatic hydroxyl groups is 4. The van der Waals surface area contributed by atoms with Gasteiger partial charge >= 0.3 is 12.1 Å². The molecule has 3 aromatic rings. The van der Waals surface area contributed by atoms with Crippen molar-refractivity contribution in [1.29, 1.82) is 0 Å². The third kappa shape index (κ3) is 15.0. The van der Waals surface area contributed by atoms with Crippen LogP contribution in [0.15, 0.2) is 54.7 Å². The topological polar surface area (TPSA) is 320 Å². The van der Waals surface area contributed by atoms with Gasteiger partial charge in [0.1, 0.15) is 61.4 Å². The Labute approximate surface area is 410 Å². The van der Waals surface area contributed by atoms with E-state index >= 15 is 0 Å². The number of alkyl halides is 1. The van der Waals surface area contributed by atoms with Crippen LogP contribution in [-0.2, 0) is 44.8 Å². The van der Waals surface area contributed by atoms with Crippen LogP contribution in [0.5, 0.6) is 5.75 Å². The lowest BCUT2D eigenvalue weighted by molar-refractivity contribution is -0.271. The van der Waals surface area contributed by atoms with Gasteiger partial charge in [-0.2, -0.15) is 0 Å². The number of aliphatic carboxylic acids is 1. The van der Waals surface area contributed by atoms with Gasteiger partial charge in [-0.1, -0.05) is 33.3 Å². The SMILES string of the molecule is CC(C)(C)C(c1ncc(-c2cc(F)ccc2F)[nH]1)N(CCC(CF)NC(=O)OCc1ccc(OC2OC(C(=O)O)C(O)C(O)C2O)c(NC(=O)CCNC(=O)CCCCCN2C(=O)C=CC2=O)c1)C(=O)CO. The molecule has 3 heterocycles. The number of nitrogens with zero attached hydrogens (tertiary/aromatic N) is 3. The highest BCUT2D eigenvalue weighted by molar-refractivity contribution is 6.12. The number of H-pyrrole nitrogens is 1. The molecule has 0 radical (unpaired) electrons. The minimum absolute atomic E-state index is 0.0968. The molecule has 0 saturated carbocycles. The first-order chi connectivity index (χ1) is 34.1. The maximum Gasteiger partial charge on any atom is 0.407 e. The van der Waals surface area contributed by atoms with Crippen molar-refractivity contribution in [2.75, 3.05) is 38.2 Å². The Kier molecular flexibility index (Phi) is 19.8. The zero-order chi connectivity index (χ0) is 52.9. The van der Waals surface area contributed by atoms with Gasteiger partial charge in [0.25, 0.3) is 11.8 Å². The lowest BCUT2D eigenvalue weighted by atomic mass is 9.84. The molecule has 2 aliphatic rings. The molecule has 1 aromatic heterocycles. The zero-order valence-corrected chi connectivity index (χ0v) is 39.5. The molecule has 7 atom stereocenters. The molecule has 0 aliphatic carbocycles. The molecule has 6 amide bonds. The Morgan fingerprint density at radius 1 is 0.944 bits per heavy atom. The van der Waals surface area contributed by atoms with E-state index < -0.39 is 115 Å². The van der Waals surface area contributed by atoms with E-state index in [0.29, 0.717) is 19.3 Å². The standard InChI is InChI=1S/C47H58F3N7O15/c1-47(2,3)42(43-52-22-31(55-43)28-20-26(49)9-10-29(28)50)57(37(63)23-58)18-15-27(21-48)53-46(69)70-24-25-8-11-32(71-45-40(66)38(64)39(65)41(72-45)44(67)68)30(19-25)54-34(60)14-16-51-33(59)7-5-4-6-17-56-35(61)12-13-36(56)62/h8-13,19-20,22,27,38-42,45,58,64-66H,4-7,14-18,21,23-24H2,1-3H3,(H,51,59)(H,52,55)(H,53,69)(H,54,60)(H,67,68). The van der Waals surface area contributed by atoms with Crippen molar-refractivity contribution in [2.24, 2.45) is 5.41 Å². The van der Waals surface area contributed by atoms with Gasteiger partial charge in [0, 0.05) is 50.2 Å². The van der Waals surface area contributed by atoms with Crippen LogP contribution in [0.1, 0.15) is 76.7 Å². The summed E-state index contributed by atoms with van der Waals surface area (Å²) in [5, 5.41) is 58.0. The number of carboxylic acid groups (broad SMARTS) is 1. The van der Waals surface area contributed by atoms with Crippen molar-refractivity contribution in [3.8, 4) is 17.0 Å². The van der Waals surface area contributed by atoms with Crippen LogP contribution in [0.25, 0.3) is 11.3 Å². The van der Waals surface area contributed by atoms with Gasteiger partial charge in [0.05, 0.1) is 29.7 Å². The third-order valence-corrected chi connectivity index (χ3v) is 11.5. The maximum absolute atomic E-state index is 14.6. The fraction of sp³-hybridized carbons (Fsp3) is 0.489. The number of nitrogens with one attached hydrogen (secondary N) is 4. The van der Waals surface area contributed by atoms with E-state index in [1.165, 1.54) is 41.4 Å². The minimum Gasteiger partial charge on any atom is -0.479 e. The van der Waals surface area contributed by atoms with E-state index in [1.807, 2.05) is 0 Å².